The lowest BCUT2D eigenvalue weighted by atomic mass is 10.2. The minimum Gasteiger partial charge on any atom is -0.481 e. The molecule has 0 saturated carbocycles. The topological polar surface area (TPSA) is 83.5 Å². The van der Waals surface area contributed by atoms with Gasteiger partial charge in [-0.25, -0.2) is 21.9 Å². The van der Waals surface area contributed by atoms with Crippen LogP contribution in [0, 0.1) is 11.6 Å². The summed E-state index contributed by atoms with van der Waals surface area (Å²) in [5.41, 5.74) is 0. The number of hydrogen-bond donors (Lipinski definition) is 2. The van der Waals surface area contributed by atoms with Crippen molar-refractivity contribution in [1.82, 2.24) is 4.72 Å². The Labute approximate surface area is 109 Å². The zero-order valence-corrected chi connectivity index (χ0v) is 10.7. The van der Waals surface area contributed by atoms with Gasteiger partial charge in [0, 0.05) is 19.0 Å². The van der Waals surface area contributed by atoms with E-state index in [2.05, 4.69) is 4.72 Å². The molecule has 1 aromatic carbocycles. The average Bonchev–Trinajstić information content (AvgIpc) is 2.26. The number of nitrogens with one attached hydrogen (secondary N) is 1. The highest BCUT2D eigenvalue weighted by molar-refractivity contribution is 7.89. The van der Waals surface area contributed by atoms with Crippen LogP contribution in [0.25, 0.3) is 0 Å². The number of benzene rings is 1. The SMILES string of the molecule is O=C(O)CCCCNS(=O)(=O)c1cc(F)cc(F)c1. The van der Waals surface area contributed by atoms with Gasteiger partial charge in [-0.3, -0.25) is 4.79 Å². The van der Waals surface area contributed by atoms with Crippen molar-refractivity contribution in [3.05, 3.63) is 29.8 Å². The van der Waals surface area contributed by atoms with Crippen LogP contribution in [-0.2, 0) is 14.8 Å². The van der Waals surface area contributed by atoms with Gasteiger partial charge >= 0.3 is 5.97 Å². The minimum absolute atomic E-state index is 0.00768. The summed E-state index contributed by atoms with van der Waals surface area (Å²) in [6, 6.07) is 2.00. The molecule has 0 saturated heterocycles. The van der Waals surface area contributed by atoms with Crippen LogP contribution in [0.2, 0.25) is 0 Å². The van der Waals surface area contributed by atoms with E-state index in [4.69, 9.17) is 5.11 Å². The van der Waals surface area contributed by atoms with Crippen molar-refractivity contribution in [1.29, 1.82) is 0 Å². The Bertz CT molecular complexity index is 540. The van der Waals surface area contributed by atoms with Crippen LogP contribution < -0.4 is 4.72 Å². The number of carbonyl (C=O) groups is 1. The number of sulfonamides is 1. The number of halogens is 2. The van der Waals surface area contributed by atoms with Crippen molar-refractivity contribution in [3.8, 4) is 0 Å². The van der Waals surface area contributed by atoms with E-state index in [0.717, 1.165) is 0 Å². The fourth-order valence-electron chi connectivity index (χ4n) is 1.37. The number of hydrogen-bond acceptors (Lipinski definition) is 3. The third-order valence-electron chi connectivity index (χ3n) is 2.26. The third kappa shape index (κ3) is 5.31. The maximum Gasteiger partial charge on any atom is 0.303 e. The molecule has 0 amide bonds. The molecule has 0 unspecified atom stereocenters. The third-order valence-corrected chi connectivity index (χ3v) is 3.70. The Kier molecular flexibility index (Phi) is 5.37. The van der Waals surface area contributed by atoms with Gasteiger partial charge in [0.2, 0.25) is 10.0 Å². The molecule has 0 heterocycles. The fourth-order valence-corrected chi connectivity index (χ4v) is 2.49. The summed E-state index contributed by atoms with van der Waals surface area (Å²) in [6.07, 6.45) is 0.578. The van der Waals surface area contributed by atoms with Crippen molar-refractivity contribution in [2.45, 2.75) is 24.2 Å². The summed E-state index contributed by atoms with van der Waals surface area (Å²) in [4.78, 5) is 9.74. The molecule has 0 radical (unpaired) electrons. The Hall–Kier alpha value is -1.54. The van der Waals surface area contributed by atoms with Gasteiger partial charge in [-0.05, 0) is 25.0 Å². The van der Waals surface area contributed by atoms with E-state index in [1.54, 1.807) is 0 Å². The lowest BCUT2D eigenvalue weighted by molar-refractivity contribution is -0.137. The summed E-state index contributed by atoms with van der Waals surface area (Å²) >= 11 is 0. The van der Waals surface area contributed by atoms with Gasteiger partial charge in [0.1, 0.15) is 11.6 Å². The smallest absolute Gasteiger partial charge is 0.303 e. The molecule has 2 N–H and O–H groups in total. The van der Waals surface area contributed by atoms with Crippen molar-refractivity contribution >= 4 is 16.0 Å². The summed E-state index contributed by atoms with van der Waals surface area (Å²) in [6.45, 7) is 0.00768. The molecular weight excluding hydrogens is 280 g/mol. The van der Waals surface area contributed by atoms with Gasteiger partial charge in [-0.2, -0.15) is 0 Å². The second-order valence-electron chi connectivity index (χ2n) is 3.85. The highest BCUT2D eigenvalue weighted by atomic mass is 32.2. The molecule has 0 aliphatic heterocycles. The maximum atomic E-state index is 12.9. The van der Waals surface area contributed by atoms with E-state index in [0.29, 0.717) is 31.0 Å². The summed E-state index contributed by atoms with van der Waals surface area (Å²) < 4.78 is 51.3. The molecule has 0 aromatic heterocycles. The Morgan fingerprint density at radius 2 is 1.74 bits per heavy atom. The van der Waals surface area contributed by atoms with Gasteiger partial charge < -0.3 is 5.11 Å². The average molecular weight is 293 g/mol. The molecule has 0 bridgehead atoms. The minimum atomic E-state index is -3.98. The monoisotopic (exact) mass is 293 g/mol. The summed E-state index contributed by atoms with van der Waals surface area (Å²) in [5.74, 6) is -2.92. The molecule has 1 rings (SSSR count). The quantitative estimate of drug-likeness (QED) is 0.746. The zero-order chi connectivity index (χ0) is 14.5. The molecule has 106 valence electrons. The lowest BCUT2D eigenvalue weighted by Crippen LogP contribution is -2.25. The van der Waals surface area contributed by atoms with Crippen molar-refractivity contribution in [2.24, 2.45) is 0 Å². The second-order valence-corrected chi connectivity index (χ2v) is 5.62. The number of carboxylic acids is 1. The molecule has 19 heavy (non-hydrogen) atoms. The van der Waals surface area contributed by atoms with Gasteiger partial charge in [-0.1, -0.05) is 0 Å². The largest absolute Gasteiger partial charge is 0.481 e. The first kappa shape index (κ1) is 15.5. The number of carboxylic acid groups (broad SMARTS) is 1. The molecular formula is C11H13F2NO4S. The normalized spacial score (nSPS) is 11.5. The van der Waals surface area contributed by atoms with Gasteiger partial charge in [-0.15, -0.1) is 0 Å². The van der Waals surface area contributed by atoms with Crippen LogP contribution in [0.5, 0.6) is 0 Å². The fraction of sp³-hybridized carbons (Fsp3) is 0.364. The van der Waals surface area contributed by atoms with Crippen LogP contribution in [0.15, 0.2) is 23.1 Å². The lowest BCUT2D eigenvalue weighted by Gasteiger charge is -2.06. The van der Waals surface area contributed by atoms with Gasteiger partial charge in [0.25, 0.3) is 0 Å². The number of aliphatic carboxylic acids is 1. The van der Waals surface area contributed by atoms with E-state index in [1.165, 1.54) is 0 Å². The number of unbranched alkanes of at least 4 members (excludes halogenated alkanes) is 1. The van der Waals surface area contributed by atoms with E-state index < -0.39 is 32.5 Å². The van der Waals surface area contributed by atoms with Crippen LogP contribution in [0.3, 0.4) is 0 Å². The Morgan fingerprint density at radius 1 is 1.16 bits per heavy atom. The van der Waals surface area contributed by atoms with E-state index in [9.17, 15) is 22.0 Å². The second kappa shape index (κ2) is 6.58. The van der Waals surface area contributed by atoms with Crippen molar-refractivity contribution < 1.29 is 27.1 Å². The first-order chi connectivity index (χ1) is 8.81. The molecule has 1 aromatic rings. The highest BCUT2D eigenvalue weighted by Crippen LogP contribution is 2.13. The van der Waals surface area contributed by atoms with Crippen LogP contribution in [0.4, 0.5) is 8.78 Å². The predicted octanol–water partition coefficient (Wildman–Crippen LogP) is 1.50. The zero-order valence-electron chi connectivity index (χ0n) is 9.90. The van der Waals surface area contributed by atoms with Crippen LogP contribution in [0.1, 0.15) is 19.3 Å². The molecule has 5 nitrogen and oxygen atoms in total. The molecule has 8 heteroatoms. The van der Waals surface area contributed by atoms with Crippen molar-refractivity contribution in [3.63, 3.8) is 0 Å². The summed E-state index contributed by atoms with van der Waals surface area (Å²) in [5, 5.41) is 8.39. The molecule has 0 fully saturated rings. The molecule has 0 atom stereocenters. The first-order valence-corrected chi connectivity index (χ1v) is 6.97. The number of rotatable bonds is 7. The van der Waals surface area contributed by atoms with E-state index in [1.807, 2.05) is 0 Å². The first-order valence-electron chi connectivity index (χ1n) is 5.49. The molecule has 0 aliphatic carbocycles. The molecule has 0 spiro atoms. The molecule has 0 aliphatic rings. The standard InChI is InChI=1S/C11H13F2NO4S/c12-8-5-9(13)7-10(6-8)19(17,18)14-4-2-1-3-11(15)16/h5-7,14H,1-4H2,(H,15,16). The Morgan fingerprint density at radius 3 is 2.26 bits per heavy atom. The van der Waals surface area contributed by atoms with E-state index >= 15 is 0 Å². The van der Waals surface area contributed by atoms with Gasteiger partial charge in [0.15, 0.2) is 0 Å². The predicted molar refractivity (Wildman–Crippen MR) is 63.0 cm³/mol. The maximum absolute atomic E-state index is 12.9. The van der Waals surface area contributed by atoms with Crippen LogP contribution in [-0.4, -0.2) is 26.0 Å². The Balaban J connectivity index is 2.58. The van der Waals surface area contributed by atoms with Crippen LogP contribution >= 0.6 is 0 Å². The van der Waals surface area contributed by atoms with Crippen molar-refractivity contribution in [2.75, 3.05) is 6.54 Å². The van der Waals surface area contributed by atoms with Gasteiger partial charge in [0.05, 0.1) is 4.90 Å². The highest BCUT2D eigenvalue weighted by Gasteiger charge is 2.15. The van der Waals surface area contributed by atoms with E-state index in [-0.39, 0.29) is 13.0 Å². The summed E-state index contributed by atoms with van der Waals surface area (Å²) in [7, 11) is -3.98.